The van der Waals surface area contributed by atoms with Gasteiger partial charge in [-0.25, -0.2) is 0 Å². The molecule has 5 aromatic carbocycles. The highest BCUT2D eigenvalue weighted by atomic mass is 79.9. The van der Waals surface area contributed by atoms with E-state index < -0.39 is 13.7 Å². The Morgan fingerprint density at radius 1 is 0.934 bits per heavy atom. The van der Waals surface area contributed by atoms with Crippen LogP contribution in [0.25, 0.3) is 0 Å². The standard InChI is InChI=1S/C48H50BrN5O6Si/c1-31-45(61(4,5)39-22-20-38(59-3)21-23-39)44(25-26-53-29-42(51-52-53)40(30-55)33-9-7-6-8-10-33)60-48(31)41-27-35(49)15-24-43(41)54(47(48)57)28-32-11-16-36(17-12-32)50-46(56)34-13-18-37(58-2)19-14-34/h6-24,27,29,31,40,44-45,55H,25-26,28,30H2,1-5H3,(H,50,56)/t31-,40?,44+,45-,48+/m0/s1. The number of aliphatic hydroxyl groups excluding tert-OH is 1. The van der Waals surface area contributed by atoms with Gasteiger partial charge in [0.25, 0.3) is 11.8 Å². The minimum atomic E-state index is -2.39. The maximum Gasteiger partial charge on any atom is 0.264 e. The molecule has 0 bridgehead atoms. The van der Waals surface area contributed by atoms with Crippen molar-refractivity contribution < 1.29 is 28.9 Å². The molecule has 0 saturated carbocycles. The molecule has 0 radical (unpaired) electrons. The van der Waals surface area contributed by atoms with Crippen LogP contribution in [-0.2, 0) is 28.2 Å². The quantitative estimate of drug-likeness (QED) is 0.105. The first-order valence-electron chi connectivity index (χ1n) is 20.5. The fourth-order valence-corrected chi connectivity index (χ4v) is 13.9. The first-order valence-corrected chi connectivity index (χ1v) is 24.4. The first kappa shape index (κ1) is 42.1. The van der Waals surface area contributed by atoms with Crippen LogP contribution in [0.5, 0.6) is 11.5 Å². The number of aliphatic hydroxyl groups is 1. The molecule has 1 fully saturated rings. The smallest absolute Gasteiger partial charge is 0.264 e. The van der Waals surface area contributed by atoms with Crippen molar-refractivity contribution in [2.45, 2.75) is 62.7 Å². The highest BCUT2D eigenvalue weighted by molar-refractivity contribution is 9.10. The molecule has 2 amide bonds. The van der Waals surface area contributed by atoms with Crippen molar-refractivity contribution in [2.24, 2.45) is 5.92 Å². The van der Waals surface area contributed by atoms with E-state index >= 15 is 4.79 Å². The average Bonchev–Trinajstić information content (AvgIpc) is 3.94. The fourth-order valence-electron chi connectivity index (χ4n) is 9.43. The monoisotopic (exact) mass is 899 g/mol. The summed E-state index contributed by atoms with van der Waals surface area (Å²) in [6, 6.07) is 38.8. The molecular formula is C48H50BrN5O6Si. The molecule has 1 unspecified atom stereocenters. The Bertz CT molecular complexity index is 2500. The van der Waals surface area contributed by atoms with E-state index in [1.165, 1.54) is 5.19 Å². The normalized spacial score (nSPS) is 20.1. The molecule has 11 nitrogen and oxygen atoms in total. The molecular weight excluding hydrogens is 851 g/mol. The lowest BCUT2D eigenvalue weighted by Crippen LogP contribution is -2.51. The summed E-state index contributed by atoms with van der Waals surface area (Å²) in [6.45, 7) is 7.69. The number of carbonyl (C=O) groups is 2. The highest BCUT2D eigenvalue weighted by Crippen LogP contribution is 2.60. The third-order valence-electron chi connectivity index (χ3n) is 12.6. The zero-order chi connectivity index (χ0) is 42.9. The van der Waals surface area contributed by atoms with Gasteiger partial charge in [-0.15, -0.1) is 5.10 Å². The van der Waals surface area contributed by atoms with Gasteiger partial charge in [0.05, 0.1) is 58.8 Å². The predicted molar refractivity (Wildman–Crippen MR) is 242 cm³/mol. The van der Waals surface area contributed by atoms with Crippen LogP contribution in [0.4, 0.5) is 11.4 Å². The van der Waals surface area contributed by atoms with Crippen LogP contribution in [0.3, 0.4) is 0 Å². The summed E-state index contributed by atoms with van der Waals surface area (Å²) in [5.41, 5.74) is 4.21. The van der Waals surface area contributed by atoms with Gasteiger partial charge < -0.3 is 29.5 Å². The Morgan fingerprint density at radius 2 is 1.61 bits per heavy atom. The Hall–Kier alpha value is -5.60. The number of aromatic nitrogens is 3. The summed E-state index contributed by atoms with van der Waals surface area (Å²) in [7, 11) is 0.865. The number of halogens is 1. The third-order valence-corrected chi connectivity index (χ3v) is 17.5. The van der Waals surface area contributed by atoms with Gasteiger partial charge in [0.2, 0.25) is 0 Å². The number of ether oxygens (including phenoxy) is 3. The minimum Gasteiger partial charge on any atom is -0.497 e. The number of nitrogens with zero attached hydrogens (tertiary/aromatic N) is 4. The van der Waals surface area contributed by atoms with E-state index in [0.29, 0.717) is 42.2 Å². The molecule has 1 saturated heterocycles. The number of hydrogen-bond donors (Lipinski definition) is 2. The molecule has 3 heterocycles. The molecule has 1 spiro atoms. The summed E-state index contributed by atoms with van der Waals surface area (Å²) in [5, 5.41) is 23.5. The first-order chi connectivity index (χ1) is 29.5. The molecule has 0 aliphatic carbocycles. The number of benzene rings is 5. The van der Waals surface area contributed by atoms with E-state index in [4.69, 9.17) is 14.2 Å². The maximum absolute atomic E-state index is 15.4. The van der Waals surface area contributed by atoms with Crippen molar-refractivity contribution in [1.82, 2.24) is 15.0 Å². The lowest BCUT2D eigenvalue weighted by molar-refractivity contribution is -0.146. The third kappa shape index (κ3) is 8.03. The van der Waals surface area contributed by atoms with Crippen LogP contribution in [-0.4, -0.2) is 66.9 Å². The molecule has 6 aromatic rings. The Kier molecular flexibility index (Phi) is 12.0. The van der Waals surface area contributed by atoms with Crippen molar-refractivity contribution in [1.29, 1.82) is 0 Å². The van der Waals surface area contributed by atoms with Gasteiger partial charge in [0, 0.05) is 39.9 Å². The van der Waals surface area contributed by atoms with E-state index in [2.05, 4.69) is 63.7 Å². The number of amides is 2. The van der Waals surface area contributed by atoms with Crippen molar-refractivity contribution in [3.63, 3.8) is 0 Å². The molecule has 2 aliphatic heterocycles. The van der Waals surface area contributed by atoms with Crippen LogP contribution in [0, 0.1) is 5.92 Å². The maximum atomic E-state index is 15.4. The topological polar surface area (TPSA) is 128 Å². The van der Waals surface area contributed by atoms with Crippen LogP contribution >= 0.6 is 15.9 Å². The van der Waals surface area contributed by atoms with Crippen molar-refractivity contribution in [2.75, 3.05) is 31.0 Å². The lowest BCUT2D eigenvalue weighted by Gasteiger charge is -2.37. The number of methoxy groups -OCH3 is 2. The van der Waals surface area contributed by atoms with E-state index in [9.17, 15) is 9.90 Å². The summed E-state index contributed by atoms with van der Waals surface area (Å²) < 4.78 is 20.8. The van der Waals surface area contributed by atoms with Crippen molar-refractivity contribution >= 4 is 52.4 Å². The number of carbonyl (C=O) groups excluding carboxylic acids is 2. The number of hydrogen-bond acceptors (Lipinski definition) is 8. The van der Waals surface area contributed by atoms with Gasteiger partial charge in [-0.3, -0.25) is 14.3 Å². The predicted octanol–water partition coefficient (Wildman–Crippen LogP) is 8.29. The molecule has 13 heteroatoms. The number of aryl methyl sites for hydroxylation is 1. The van der Waals surface area contributed by atoms with Crippen molar-refractivity contribution in [3.05, 3.63) is 160 Å². The molecule has 1 aromatic heterocycles. The second kappa shape index (κ2) is 17.4. The molecule has 314 valence electrons. The summed E-state index contributed by atoms with van der Waals surface area (Å²) >= 11 is 3.73. The second-order valence-corrected chi connectivity index (χ2v) is 22.0. The van der Waals surface area contributed by atoms with Crippen LogP contribution in [0.2, 0.25) is 18.6 Å². The number of fused-ring (bicyclic) bond motifs is 2. The van der Waals surface area contributed by atoms with Crippen LogP contribution < -0.4 is 24.9 Å². The number of nitrogens with one attached hydrogen (secondary N) is 1. The highest BCUT2D eigenvalue weighted by Gasteiger charge is 2.66. The second-order valence-electron chi connectivity index (χ2n) is 16.4. The van der Waals surface area contributed by atoms with Crippen LogP contribution in [0.15, 0.2) is 132 Å². The van der Waals surface area contributed by atoms with E-state index in [1.807, 2.05) is 101 Å². The van der Waals surface area contributed by atoms with Gasteiger partial charge in [-0.1, -0.05) is 101 Å². The molecule has 8 rings (SSSR count). The fraction of sp³-hybridized carbons (Fsp3) is 0.292. The summed E-state index contributed by atoms with van der Waals surface area (Å²) in [6.07, 6.45) is 2.22. The lowest BCUT2D eigenvalue weighted by atomic mass is 9.82. The average molecular weight is 901 g/mol. The largest absolute Gasteiger partial charge is 0.497 e. The number of anilines is 2. The van der Waals surface area contributed by atoms with Crippen molar-refractivity contribution in [3.8, 4) is 11.5 Å². The zero-order valence-corrected chi connectivity index (χ0v) is 37.5. The molecule has 2 N–H and O–H groups in total. The Balaban J connectivity index is 1.09. The van der Waals surface area contributed by atoms with Gasteiger partial charge >= 0.3 is 0 Å². The molecule has 5 atom stereocenters. The Morgan fingerprint density at radius 3 is 2.26 bits per heavy atom. The number of rotatable bonds is 14. The van der Waals surface area contributed by atoms with Gasteiger partial charge in [0.1, 0.15) is 11.5 Å². The van der Waals surface area contributed by atoms with Gasteiger partial charge in [0.15, 0.2) is 5.60 Å². The van der Waals surface area contributed by atoms with Gasteiger partial charge in [-0.05, 0) is 89.8 Å². The van der Waals surface area contributed by atoms with Gasteiger partial charge in [-0.2, -0.15) is 0 Å². The summed E-state index contributed by atoms with van der Waals surface area (Å²) in [5.74, 6) is 0.678. The van der Waals surface area contributed by atoms with E-state index in [1.54, 1.807) is 38.5 Å². The minimum absolute atomic E-state index is 0.0303. The SMILES string of the molecule is COc1ccc(C(=O)Nc2ccc(CN3C(=O)[C@]4(O[C@H](CCn5cc(C(CO)c6ccccc6)nn5)[C@@H]([Si](C)(C)c5ccc(OC)cc5)[C@@H]4C)c4cc(Br)ccc43)cc2)cc1. The molecule has 2 aliphatic rings. The van der Waals surface area contributed by atoms with E-state index in [0.717, 1.165) is 32.6 Å². The Labute approximate surface area is 365 Å². The molecule has 61 heavy (non-hydrogen) atoms. The summed E-state index contributed by atoms with van der Waals surface area (Å²) in [4.78, 5) is 30.2. The van der Waals surface area contributed by atoms with Crippen LogP contribution in [0.1, 0.15) is 52.0 Å². The van der Waals surface area contributed by atoms with E-state index in [-0.39, 0.29) is 41.9 Å². The zero-order valence-electron chi connectivity index (χ0n) is 34.9.